The third-order valence-electron chi connectivity index (χ3n) is 3.15. The van der Waals surface area contributed by atoms with Gasteiger partial charge in [-0.05, 0) is 24.1 Å². The summed E-state index contributed by atoms with van der Waals surface area (Å²) in [4.78, 5) is 8.27. The molecule has 23 heavy (non-hydrogen) atoms. The predicted molar refractivity (Wildman–Crippen MR) is 88.9 cm³/mol. The summed E-state index contributed by atoms with van der Waals surface area (Å²) in [7, 11) is 3.32. The lowest BCUT2D eigenvalue weighted by atomic mass is 10.1. The summed E-state index contributed by atoms with van der Waals surface area (Å²) >= 11 is 6.22. The van der Waals surface area contributed by atoms with Crippen molar-refractivity contribution in [2.24, 2.45) is 4.99 Å². The molecule has 2 N–H and O–H groups in total. The number of ether oxygens (including phenoxy) is 1. The predicted octanol–water partition coefficient (Wildman–Crippen LogP) is 1.95. The van der Waals surface area contributed by atoms with Gasteiger partial charge in [-0.15, -0.1) is 0 Å². The Balaban J connectivity index is 1.79. The second-order valence-corrected chi connectivity index (χ2v) is 5.20. The van der Waals surface area contributed by atoms with E-state index in [1.165, 1.54) is 0 Å². The van der Waals surface area contributed by atoms with Crippen LogP contribution in [0.25, 0.3) is 0 Å². The molecule has 0 bridgehead atoms. The van der Waals surface area contributed by atoms with E-state index < -0.39 is 0 Å². The highest BCUT2D eigenvalue weighted by molar-refractivity contribution is 6.31. The maximum Gasteiger partial charge on any atom is 0.223 e. The summed E-state index contributed by atoms with van der Waals surface area (Å²) in [5.74, 6) is 2.54. The molecule has 0 aliphatic carbocycles. The van der Waals surface area contributed by atoms with Crippen LogP contribution >= 0.6 is 11.6 Å². The van der Waals surface area contributed by atoms with Crippen LogP contribution in [-0.2, 0) is 13.0 Å². The summed E-state index contributed by atoms with van der Waals surface area (Å²) < 4.78 is 10.1. The van der Waals surface area contributed by atoms with Gasteiger partial charge in [-0.25, -0.2) is 0 Å². The van der Waals surface area contributed by atoms with Crippen molar-refractivity contribution in [3.05, 3.63) is 40.5 Å². The average Bonchev–Trinajstić information content (AvgIpc) is 2.97. The van der Waals surface area contributed by atoms with Gasteiger partial charge >= 0.3 is 0 Å². The van der Waals surface area contributed by atoms with Gasteiger partial charge in [0, 0.05) is 25.5 Å². The normalized spacial score (nSPS) is 11.4. The highest BCUT2D eigenvalue weighted by Crippen LogP contribution is 2.22. The summed E-state index contributed by atoms with van der Waals surface area (Å²) in [6, 6.07) is 5.66. The number of hydrogen-bond acceptors (Lipinski definition) is 5. The van der Waals surface area contributed by atoms with Crippen LogP contribution in [0.3, 0.4) is 0 Å². The standard InChI is InChI=1S/C15H20ClN5O2/c1-10-20-14(21-23-10)9-19-15(17-2)18-7-6-11-4-5-12(22-3)8-13(11)16/h4-5,8H,6-7,9H2,1-3H3,(H2,17,18,19). The zero-order valence-electron chi connectivity index (χ0n) is 13.4. The molecule has 0 amide bonds. The summed E-state index contributed by atoms with van der Waals surface area (Å²) in [6.45, 7) is 2.89. The van der Waals surface area contributed by atoms with Crippen LogP contribution in [0.1, 0.15) is 17.3 Å². The number of halogens is 1. The number of aromatic nitrogens is 2. The SMILES string of the molecule is CN=C(NCCc1ccc(OC)cc1Cl)NCc1noc(C)n1. The average molecular weight is 338 g/mol. The van der Waals surface area contributed by atoms with Crippen LogP contribution in [0, 0.1) is 6.92 Å². The number of benzene rings is 1. The second kappa shape index (κ2) is 8.38. The molecule has 2 aromatic rings. The number of nitrogens with one attached hydrogen (secondary N) is 2. The molecule has 0 spiro atoms. The molecule has 0 atom stereocenters. The smallest absolute Gasteiger partial charge is 0.223 e. The minimum atomic E-state index is 0.445. The highest BCUT2D eigenvalue weighted by Gasteiger charge is 2.05. The fraction of sp³-hybridized carbons (Fsp3) is 0.400. The molecule has 1 heterocycles. The molecule has 1 aromatic heterocycles. The lowest BCUT2D eigenvalue weighted by Crippen LogP contribution is -2.38. The van der Waals surface area contributed by atoms with Gasteiger partial charge < -0.3 is 19.9 Å². The van der Waals surface area contributed by atoms with Crippen LogP contribution in [-0.4, -0.2) is 36.8 Å². The van der Waals surface area contributed by atoms with Gasteiger partial charge in [0.05, 0.1) is 13.7 Å². The van der Waals surface area contributed by atoms with Crippen molar-refractivity contribution in [3.63, 3.8) is 0 Å². The van der Waals surface area contributed by atoms with E-state index in [1.54, 1.807) is 21.1 Å². The van der Waals surface area contributed by atoms with Crippen molar-refractivity contribution >= 4 is 17.6 Å². The Labute approximate surface area is 140 Å². The Morgan fingerprint density at radius 2 is 2.22 bits per heavy atom. The van der Waals surface area contributed by atoms with Crippen molar-refractivity contribution in [3.8, 4) is 5.75 Å². The molecular formula is C15H20ClN5O2. The molecule has 7 nitrogen and oxygen atoms in total. The Kier molecular flexibility index (Phi) is 6.22. The van der Waals surface area contributed by atoms with Crippen molar-refractivity contribution in [1.82, 2.24) is 20.8 Å². The number of hydrogen-bond donors (Lipinski definition) is 2. The summed E-state index contributed by atoms with van der Waals surface area (Å²) in [6.07, 6.45) is 0.769. The Hall–Kier alpha value is -2.28. The number of rotatable bonds is 6. The third kappa shape index (κ3) is 5.14. The molecule has 0 saturated carbocycles. The Morgan fingerprint density at radius 1 is 1.39 bits per heavy atom. The van der Waals surface area contributed by atoms with Crippen molar-refractivity contribution in [2.75, 3.05) is 20.7 Å². The van der Waals surface area contributed by atoms with Crippen LogP contribution in [0.4, 0.5) is 0 Å². The molecule has 0 unspecified atom stereocenters. The second-order valence-electron chi connectivity index (χ2n) is 4.79. The van der Waals surface area contributed by atoms with E-state index >= 15 is 0 Å². The van der Waals surface area contributed by atoms with Gasteiger partial charge in [-0.3, -0.25) is 4.99 Å². The van der Waals surface area contributed by atoms with E-state index in [2.05, 4.69) is 25.8 Å². The molecule has 8 heteroatoms. The van der Waals surface area contributed by atoms with Crippen LogP contribution in [0.15, 0.2) is 27.7 Å². The summed E-state index contributed by atoms with van der Waals surface area (Å²) in [5.41, 5.74) is 1.05. The number of aliphatic imine (C=N–C) groups is 1. The van der Waals surface area contributed by atoms with E-state index in [9.17, 15) is 0 Å². The highest BCUT2D eigenvalue weighted by atomic mass is 35.5. The van der Waals surface area contributed by atoms with E-state index in [-0.39, 0.29) is 0 Å². The Morgan fingerprint density at radius 3 is 2.83 bits per heavy atom. The first-order chi connectivity index (χ1) is 11.1. The molecule has 0 saturated heterocycles. The van der Waals surface area contributed by atoms with E-state index in [1.807, 2.05) is 18.2 Å². The molecule has 0 aliphatic heterocycles. The first kappa shape index (κ1) is 17.1. The monoisotopic (exact) mass is 337 g/mol. The summed E-state index contributed by atoms with van der Waals surface area (Å²) in [5, 5.41) is 10.8. The molecule has 1 aromatic carbocycles. The van der Waals surface area contributed by atoms with E-state index in [4.69, 9.17) is 20.9 Å². The zero-order chi connectivity index (χ0) is 16.7. The topological polar surface area (TPSA) is 84.6 Å². The van der Waals surface area contributed by atoms with Crippen molar-refractivity contribution < 1.29 is 9.26 Å². The number of aryl methyl sites for hydroxylation is 1. The van der Waals surface area contributed by atoms with Gasteiger partial charge in [-0.1, -0.05) is 22.8 Å². The van der Waals surface area contributed by atoms with E-state index in [0.29, 0.717) is 35.8 Å². The minimum absolute atomic E-state index is 0.445. The maximum atomic E-state index is 6.22. The molecule has 0 aliphatic rings. The van der Waals surface area contributed by atoms with Gasteiger partial charge in [0.15, 0.2) is 11.8 Å². The van der Waals surface area contributed by atoms with Crippen LogP contribution in [0.2, 0.25) is 5.02 Å². The lowest BCUT2D eigenvalue weighted by molar-refractivity contribution is 0.387. The zero-order valence-corrected chi connectivity index (χ0v) is 14.1. The largest absolute Gasteiger partial charge is 0.497 e. The molecule has 124 valence electrons. The molecule has 0 fully saturated rings. The van der Waals surface area contributed by atoms with Gasteiger partial charge in [0.1, 0.15) is 5.75 Å². The van der Waals surface area contributed by atoms with Crippen LogP contribution < -0.4 is 15.4 Å². The van der Waals surface area contributed by atoms with Crippen LogP contribution in [0.5, 0.6) is 5.75 Å². The molecule has 2 rings (SSSR count). The minimum Gasteiger partial charge on any atom is -0.497 e. The third-order valence-corrected chi connectivity index (χ3v) is 3.51. The lowest BCUT2D eigenvalue weighted by Gasteiger charge is -2.11. The molecule has 0 radical (unpaired) electrons. The molecular weight excluding hydrogens is 318 g/mol. The van der Waals surface area contributed by atoms with Crippen molar-refractivity contribution in [2.45, 2.75) is 19.9 Å². The maximum absolute atomic E-state index is 6.22. The quantitative estimate of drug-likeness (QED) is 0.619. The van der Waals surface area contributed by atoms with Gasteiger partial charge in [-0.2, -0.15) is 4.98 Å². The van der Waals surface area contributed by atoms with E-state index in [0.717, 1.165) is 17.7 Å². The first-order valence-corrected chi connectivity index (χ1v) is 7.56. The van der Waals surface area contributed by atoms with Gasteiger partial charge in [0.25, 0.3) is 0 Å². The number of methoxy groups -OCH3 is 1. The Bertz CT molecular complexity index is 672. The fourth-order valence-corrected chi connectivity index (χ4v) is 2.23. The first-order valence-electron chi connectivity index (χ1n) is 7.18. The van der Waals surface area contributed by atoms with Crippen molar-refractivity contribution in [1.29, 1.82) is 0 Å². The van der Waals surface area contributed by atoms with Gasteiger partial charge in [0.2, 0.25) is 5.89 Å². The fourth-order valence-electron chi connectivity index (χ4n) is 1.97. The number of guanidine groups is 1. The number of nitrogens with zero attached hydrogens (tertiary/aromatic N) is 3.